The molecule has 0 aromatic heterocycles. The maximum atomic E-state index is 9.14. The van der Waals surface area contributed by atoms with Crippen molar-refractivity contribution in [2.45, 2.75) is 13.8 Å². The van der Waals surface area contributed by atoms with Gasteiger partial charge in [-0.25, -0.2) is 0 Å². The molecular formula is C16H18N2O. The van der Waals surface area contributed by atoms with Crippen molar-refractivity contribution >= 4 is 11.4 Å². The van der Waals surface area contributed by atoms with Gasteiger partial charge in [0.2, 0.25) is 0 Å². The van der Waals surface area contributed by atoms with E-state index in [1.54, 1.807) is 0 Å². The van der Waals surface area contributed by atoms with E-state index >= 15 is 0 Å². The monoisotopic (exact) mass is 254 g/mol. The van der Waals surface area contributed by atoms with Crippen LogP contribution in [0.3, 0.4) is 0 Å². The van der Waals surface area contributed by atoms with E-state index in [2.05, 4.69) is 36.5 Å². The first-order chi connectivity index (χ1) is 9.22. The van der Waals surface area contributed by atoms with Crippen LogP contribution in [0.5, 0.6) is 0 Å². The molecule has 2 aromatic rings. The smallest absolute Gasteiger partial charge is 0.106 e. The lowest BCUT2D eigenvalue weighted by atomic mass is 10.1. The lowest BCUT2D eigenvalue weighted by molar-refractivity contribution is 0.319. The highest BCUT2D eigenvalue weighted by Gasteiger charge is 2.06. The first-order valence-corrected chi connectivity index (χ1v) is 6.29. The minimum atomic E-state index is 0.492. The number of rotatable bonds is 4. The van der Waals surface area contributed by atoms with Crippen molar-refractivity contribution in [2.24, 2.45) is 5.16 Å². The van der Waals surface area contributed by atoms with Crippen molar-refractivity contribution in [1.29, 1.82) is 0 Å². The Labute approximate surface area is 113 Å². The van der Waals surface area contributed by atoms with Crippen molar-refractivity contribution < 1.29 is 5.21 Å². The summed E-state index contributed by atoms with van der Waals surface area (Å²) in [6.07, 6.45) is 0. The lowest BCUT2D eigenvalue weighted by Crippen LogP contribution is -2.16. The Morgan fingerprint density at radius 1 is 1.00 bits per heavy atom. The Bertz CT molecular complexity index is 556. The molecule has 2 aromatic carbocycles. The highest BCUT2D eigenvalue weighted by atomic mass is 16.4. The van der Waals surface area contributed by atoms with Gasteiger partial charge in [0, 0.05) is 11.3 Å². The molecule has 3 nitrogen and oxygen atoms in total. The summed E-state index contributed by atoms with van der Waals surface area (Å²) in [6.45, 7) is 4.62. The molecule has 2 N–H and O–H groups in total. The van der Waals surface area contributed by atoms with E-state index in [0.717, 1.165) is 11.3 Å². The van der Waals surface area contributed by atoms with Crippen LogP contribution < -0.4 is 5.32 Å². The molecule has 0 radical (unpaired) electrons. The van der Waals surface area contributed by atoms with Gasteiger partial charge >= 0.3 is 0 Å². The van der Waals surface area contributed by atoms with E-state index < -0.39 is 0 Å². The maximum Gasteiger partial charge on any atom is 0.106 e. The summed E-state index contributed by atoms with van der Waals surface area (Å²) in [4.78, 5) is 0. The molecule has 0 heterocycles. The van der Waals surface area contributed by atoms with E-state index in [1.165, 1.54) is 11.1 Å². The van der Waals surface area contributed by atoms with Gasteiger partial charge in [0.25, 0.3) is 0 Å². The summed E-state index contributed by atoms with van der Waals surface area (Å²) in [6, 6.07) is 15.8. The second-order valence-corrected chi connectivity index (χ2v) is 4.53. The van der Waals surface area contributed by atoms with Crippen LogP contribution in [0, 0.1) is 13.8 Å². The molecule has 0 atom stereocenters. The minimum Gasteiger partial charge on any atom is -0.411 e. The first kappa shape index (κ1) is 13.1. The van der Waals surface area contributed by atoms with Gasteiger partial charge in [-0.2, -0.15) is 0 Å². The van der Waals surface area contributed by atoms with Gasteiger partial charge in [0.1, 0.15) is 5.71 Å². The largest absolute Gasteiger partial charge is 0.411 e. The van der Waals surface area contributed by atoms with Crippen molar-refractivity contribution in [3.8, 4) is 0 Å². The molecule has 0 fully saturated rings. The Balaban J connectivity index is 2.14. The zero-order chi connectivity index (χ0) is 13.7. The molecule has 2 rings (SSSR count). The summed E-state index contributed by atoms with van der Waals surface area (Å²) < 4.78 is 0. The zero-order valence-corrected chi connectivity index (χ0v) is 11.2. The number of para-hydroxylation sites is 1. The molecule has 0 aliphatic heterocycles. The van der Waals surface area contributed by atoms with Crippen LogP contribution in [-0.2, 0) is 0 Å². The highest BCUT2D eigenvalue weighted by Crippen LogP contribution is 2.19. The first-order valence-electron chi connectivity index (χ1n) is 6.29. The molecule has 0 unspecified atom stereocenters. The molecule has 0 saturated carbocycles. The molecule has 0 bridgehead atoms. The Morgan fingerprint density at radius 2 is 1.63 bits per heavy atom. The van der Waals surface area contributed by atoms with E-state index in [0.29, 0.717) is 12.3 Å². The number of hydrogen-bond acceptors (Lipinski definition) is 3. The van der Waals surface area contributed by atoms with Gasteiger partial charge in [-0.05, 0) is 25.0 Å². The predicted octanol–water partition coefficient (Wildman–Crippen LogP) is 3.59. The lowest BCUT2D eigenvalue weighted by Gasteiger charge is -2.13. The number of nitrogens with zero attached hydrogens (tertiary/aromatic N) is 1. The summed E-state index contributed by atoms with van der Waals surface area (Å²) in [5, 5.41) is 15.9. The van der Waals surface area contributed by atoms with E-state index in [1.807, 2.05) is 36.4 Å². The van der Waals surface area contributed by atoms with Gasteiger partial charge in [0.15, 0.2) is 0 Å². The van der Waals surface area contributed by atoms with Crippen LogP contribution in [0.2, 0.25) is 0 Å². The molecule has 0 aliphatic carbocycles. The van der Waals surface area contributed by atoms with Gasteiger partial charge in [-0.1, -0.05) is 53.7 Å². The van der Waals surface area contributed by atoms with Crippen molar-refractivity contribution in [3.63, 3.8) is 0 Å². The fourth-order valence-corrected chi connectivity index (χ4v) is 2.09. The van der Waals surface area contributed by atoms with Crippen LogP contribution in [-0.4, -0.2) is 17.5 Å². The minimum absolute atomic E-state index is 0.492. The molecule has 3 heteroatoms. The number of hydrogen-bond donors (Lipinski definition) is 2. The van der Waals surface area contributed by atoms with Crippen molar-refractivity contribution in [2.75, 3.05) is 11.9 Å². The molecule has 0 saturated heterocycles. The molecule has 0 spiro atoms. The number of oxime groups is 1. The topological polar surface area (TPSA) is 44.6 Å². The molecule has 19 heavy (non-hydrogen) atoms. The SMILES string of the molecule is Cc1cccc(C)c1NCC(=NO)c1ccccc1. The van der Waals surface area contributed by atoms with Crippen LogP contribution in [0.1, 0.15) is 16.7 Å². The fourth-order valence-electron chi connectivity index (χ4n) is 2.09. The second kappa shape index (κ2) is 6.05. The Kier molecular flexibility index (Phi) is 4.18. The van der Waals surface area contributed by atoms with Crippen LogP contribution in [0.4, 0.5) is 5.69 Å². The number of nitrogens with one attached hydrogen (secondary N) is 1. The van der Waals surface area contributed by atoms with Crippen molar-refractivity contribution in [1.82, 2.24) is 0 Å². The average Bonchev–Trinajstić information content (AvgIpc) is 2.43. The number of aryl methyl sites for hydroxylation is 2. The highest BCUT2D eigenvalue weighted by molar-refractivity contribution is 6.03. The summed E-state index contributed by atoms with van der Waals surface area (Å²) in [7, 11) is 0. The Hall–Kier alpha value is -2.29. The third-order valence-corrected chi connectivity index (χ3v) is 3.14. The van der Waals surface area contributed by atoms with Gasteiger partial charge in [0.05, 0.1) is 6.54 Å². The zero-order valence-electron chi connectivity index (χ0n) is 11.2. The van der Waals surface area contributed by atoms with Crippen molar-refractivity contribution in [3.05, 3.63) is 65.2 Å². The van der Waals surface area contributed by atoms with E-state index in [4.69, 9.17) is 5.21 Å². The summed E-state index contributed by atoms with van der Waals surface area (Å²) in [5.41, 5.74) is 5.02. The standard InChI is InChI=1S/C16H18N2O/c1-12-7-6-8-13(2)16(12)17-11-15(18-19)14-9-4-3-5-10-14/h3-10,17,19H,11H2,1-2H3. The molecule has 0 aliphatic rings. The quantitative estimate of drug-likeness (QED) is 0.497. The van der Waals surface area contributed by atoms with Crippen LogP contribution >= 0.6 is 0 Å². The van der Waals surface area contributed by atoms with E-state index in [9.17, 15) is 0 Å². The van der Waals surface area contributed by atoms with E-state index in [-0.39, 0.29) is 0 Å². The molecule has 0 amide bonds. The van der Waals surface area contributed by atoms with Gasteiger partial charge in [-0.15, -0.1) is 0 Å². The summed E-state index contributed by atoms with van der Waals surface area (Å²) in [5.74, 6) is 0. The average molecular weight is 254 g/mol. The van der Waals surface area contributed by atoms with Crippen LogP contribution in [0.15, 0.2) is 53.7 Å². The molecule has 98 valence electrons. The Morgan fingerprint density at radius 3 is 2.21 bits per heavy atom. The summed E-state index contributed by atoms with van der Waals surface area (Å²) >= 11 is 0. The van der Waals surface area contributed by atoms with Gasteiger partial charge < -0.3 is 10.5 Å². The third-order valence-electron chi connectivity index (χ3n) is 3.14. The number of anilines is 1. The van der Waals surface area contributed by atoms with Gasteiger partial charge in [-0.3, -0.25) is 0 Å². The third kappa shape index (κ3) is 3.13. The normalized spacial score (nSPS) is 11.4. The predicted molar refractivity (Wildman–Crippen MR) is 79.2 cm³/mol. The second-order valence-electron chi connectivity index (χ2n) is 4.53. The number of benzene rings is 2. The maximum absolute atomic E-state index is 9.14. The molecular weight excluding hydrogens is 236 g/mol. The van der Waals surface area contributed by atoms with Crippen LogP contribution in [0.25, 0.3) is 0 Å². The fraction of sp³-hybridized carbons (Fsp3) is 0.188.